The summed E-state index contributed by atoms with van der Waals surface area (Å²) < 4.78 is 5.20. The van der Waals surface area contributed by atoms with Crippen LogP contribution in [0.2, 0.25) is 0 Å². The lowest BCUT2D eigenvalue weighted by molar-refractivity contribution is -0.124. The van der Waals surface area contributed by atoms with Crippen LogP contribution in [0.3, 0.4) is 0 Å². The number of nitrogens with one attached hydrogen (secondary N) is 2. The van der Waals surface area contributed by atoms with Gasteiger partial charge in [0.15, 0.2) is 0 Å². The first-order valence-corrected chi connectivity index (χ1v) is 8.96. The van der Waals surface area contributed by atoms with Gasteiger partial charge in [0, 0.05) is 0 Å². The maximum atomic E-state index is 12.5. The van der Waals surface area contributed by atoms with Crippen LogP contribution in [0.25, 0.3) is 0 Å². The monoisotopic (exact) mass is 354 g/mol. The third kappa shape index (κ3) is 5.92. The number of carbonyl (C=O) groups excluding carboxylic acids is 2. The smallest absolute Gasteiger partial charge is 0.408 e. The molecule has 2 aromatic rings. The van der Waals surface area contributed by atoms with Gasteiger partial charge >= 0.3 is 6.09 Å². The van der Waals surface area contributed by atoms with Crippen LogP contribution in [0.15, 0.2) is 60.7 Å². The molecule has 0 spiro atoms. The summed E-state index contributed by atoms with van der Waals surface area (Å²) in [5.41, 5.74) is 1.94. The molecule has 2 N–H and O–H groups in total. The lowest BCUT2D eigenvalue weighted by Crippen LogP contribution is -2.47. The highest BCUT2D eigenvalue weighted by atomic mass is 16.5. The Bertz CT molecular complexity index is 689. The molecule has 0 bridgehead atoms. The predicted octanol–water partition coefficient (Wildman–Crippen LogP) is 3.96. The minimum Gasteiger partial charge on any atom is -0.445 e. The van der Waals surface area contributed by atoms with Crippen LogP contribution in [0.4, 0.5) is 4.79 Å². The van der Waals surface area contributed by atoms with Gasteiger partial charge in [-0.15, -0.1) is 0 Å². The summed E-state index contributed by atoms with van der Waals surface area (Å²) in [7, 11) is 0. The van der Waals surface area contributed by atoms with Crippen molar-refractivity contribution >= 4 is 12.0 Å². The summed E-state index contributed by atoms with van der Waals surface area (Å²) in [6.07, 6.45) is 0.658. The Balaban J connectivity index is 1.88. The second kappa shape index (κ2) is 10.2. The van der Waals surface area contributed by atoms with E-state index in [1.54, 1.807) is 0 Å². The molecule has 0 saturated carbocycles. The van der Waals surface area contributed by atoms with Crippen molar-refractivity contribution in [1.29, 1.82) is 0 Å². The topological polar surface area (TPSA) is 67.4 Å². The molecule has 0 heterocycles. The first-order valence-electron chi connectivity index (χ1n) is 8.96. The van der Waals surface area contributed by atoms with Crippen molar-refractivity contribution < 1.29 is 14.3 Å². The molecule has 2 aromatic carbocycles. The summed E-state index contributed by atoms with van der Waals surface area (Å²) in [6, 6.07) is 18.5. The van der Waals surface area contributed by atoms with Crippen molar-refractivity contribution in [1.82, 2.24) is 10.6 Å². The van der Waals surface area contributed by atoms with Crippen LogP contribution in [-0.2, 0) is 16.1 Å². The Kier molecular flexibility index (Phi) is 7.68. The van der Waals surface area contributed by atoms with Crippen molar-refractivity contribution in [2.24, 2.45) is 0 Å². The summed E-state index contributed by atoms with van der Waals surface area (Å²) in [5, 5.41) is 5.65. The van der Waals surface area contributed by atoms with E-state index >= 15 is 0 Å². The fraction of sp³-hybridized carbons (Fsp3) is 0.333. The molecule has 2 rings (SSSR count). The van der Waals surface area contributed by atoms with Gasteiger partial charge < -0.3 is 15.4 Å². The molecular formula is C21H26N2O3. The Morgan fingerprint density at radius 3 is 2.08 bits per heavy atom. The summed E-state index contributed by atoms with van der Waals surface area (Å²) in [5.74, 6) is -0.208. The van der Waals surface area contributed by atoms with Crippen molar-refractivity contribution in [3.8, 4) is 0 Å². The first kappa shape index (κ1) is 19.5. The summed E-state index contributed by atoms with van der Waals surface area (Å²) >= 11 is 0. The SMILES string of the molecule is CC[C@H](NC(=O)[C@@H](CC)NC(=O)OCc1ccccc1)c1ccccc1. The van der Waals surface area contributed by atoms with E-state index in [2.05, 4.69) is 10.6 Å². The number of benzene rings is 2. The van der Waals surface area contributed by atoms with Crippen LogP contribution in [0.1, 0.15) is 43.9 Å². The maximum absolute atomic E-state index is 12.5. The molecule has 5 heteroatoms. The van der Waals surface area contributed by atoms with Crippen molar-refractivity contribution in [3.63, 3.8) is 0 Å². The maximum Gasteiger partial charge on any atom is 0.408 e. The Labute approximate surface area is 154 Å². The number of ether oxygens (including phenoxy) is 1. The highest BCUT2D eigenvalue weighted by Crippen LogP contribution is 2.16. The zero-order valence-corrected chi connectivity index (χ0v) is 15.3. The van der Waals surface area contributed by atoms with Crippen molar-refractivity contribution in [2.75, 3.05) is 0 Å². The average Bonchev–Trinajstić information content (AvgIpc) is 2.69. The van der Waals surface area contributed by atoms with Gasteiger partial charge in [0.05, 0.1) is 6.04 Å². The second-order valence-electron chi connectivity index (χ2n) is 6.05. The normalized spacial score (nSPS) is 12.7. The number of alkyl carbamates (subject to hydrolysis) is 1. The number of rotatable bonds is 8. The molecule has 0 unspecified atom stereocenters. The van der Waals surface area contributed by atoms with E-state index in [9.17, 15) is 9.59 Å². The van der Waals surface area contributed by atoms with Crippen LogP contribution in [0.5, 0.6) is 0 Å². The van der Waals surface area contributed by atoms with Crippen LogP contribution in [0, 0.1) is 0 Å². The van der Waals surface area contributed by atoms with Gasteiger partial charge in [-0.1, -0.05) is 74.5 Å². The van der Waals surface area contributed by atoms with E-state index in [4.69, 9.17) is 4.74 Å². The molecular weight excluding hydrogens is 328 g/mol. The number of amides is 2. The molecule has 26 heavy (non-hydrogen) atoms. The molecule has 0 aliphatic carbocycles. The zero-order chi connectivity index (χ0) is 18.8. The lowest BCUT2D eigenvalue weighted by Gasteiger charge is -2.22. The van der Waals surface area contributed by atoms with E-state index < -0.39 is 12.1 Å². The third-order valence-electron chi connectivity index (χ3n) is 4.16. The molecule has 2 amide bonds. The number of hydrogen-bond acceptors (Lipinski definition) is 3. The molecule has 5 nitrogen and oxygen atoms in total. The highest BCUT2D eigenvalue weighted by molar-refractivity contribution is 5.85. The zero-order valence-electron chi connectivity index (χ0n) is 15.3. The molecule has 0 saturated heterocycles. The minimum atomic E-state index is -0.629. The van der Waals surface area contributed by atoms with E-state index in [1.807, 2.05) is 74.5 Å². The fourth-order valence-electron chi connectivity index (χ4n) is 2.64. The standard InChI is InChI=1S/C21H26N2O3/c1-3-18(17-13-9-6-10-14-17)22-20(24)19(4-2)23-21(25)26-15-16-11-7-5-8-12-16/h5-14,18-19H,3-4,15H2,1-2H3,(H,22,24)(H,23,25)/t18-,19+/m0/s1. The molecule has 0 aromatic heterocycles. The van der Waals surface area contributed by atoms with E-state index in [0.717, 1.165) is 17.5 Å². The van der Waals surface area contributed by atoms with E-state index in [1.165, 1.54) is 0 Å². The molecule has 2 atom stereocenters. The molecule has 0 fully saturated rings. The fourth-order valence-corrected chi connectivity index (χ4v) is 2.64. The average molecular weight is 354 g/mol. The minimum absolute atomic E-state index is 0.0834. The predicted molar refractivity (Wildman–Crippen MR) is 101 cm³/mol. The van der Waals surface area contributed by atoms with Gasteiger partial charge in [0.25, 0.3) is 0 Å². The Morgan fingerprint density at radius 1 is 0.885 bits per heavy atom. The molecule has 0 aliphatic rings. The second-order valence-corrected chi connectivity index (χ2v) is 6.05. The van der Waals surface area contributed by atoms with Crippen LogP contribution >= 0.6 is 0 Å². The van der Waals surface area contributed by atoms with Gasteiger partial charge in [-0.2, -0.15) is 0 Å². The molecule has 0 radical (unpaired) electrons. The number of hydrogen-bond donors (Lipinski definition) is 2. The quantitative estimate of drug-likeness (QED) is 0.754. The van der Waals surface area contributed by atoms with E-state index in [0.29, 0.717) is 6.42 Å². The summed E-state index contributed by atoms with van der Waals surface area (Å²) in [6.45, 7) is 4.04. The van der Waals surface area contributed by atoms with Crippen molar-refractivity contribution in [3.05, 3.63) is 71.8 Å². The Hall–Kier alpha value is -2.82. The molecule has 0 aliphatic heterocycles. The lowest BCUT2D eigenvalue weighted by atomic mass is 10.0. The van der Waals surface area contributed by atoms with Gasteiger partial charge in [0.1, 0.15) is 12.6 Å². The van der Waals surface area contributed by atoms with Gasteiger partial charge in [-0.05, 0) is 24.0 Å². The van der Waals surface area contributed by atoms with Gasteiger partial charge in [-0.3, -0.25) is 4.79 Å². The number of carbonyl (C=O) groups is 2. The van der Waals surface area contributed by atoms with E-state index in [-0.39, 0.29) is 18.6 Å². The summed E-state index contributed by atoms with van der Waals surface area (Å²) in [4.78, 5) is 24.5. The van der Waals surface area contributed by atoms with Crippen LogP contribution < -0.4 is 10.6 Å². The van der Waals surface area contributed by atoms with Gasteiger partial charge in [0.2, 0.25) is 5.91 Å². The molecule has 138 valence electrons. The Morgan fingerprint density at radius 2 is 1.50 bits per heavy atom. The largest absolute Gasteiger partial charge is 0.445 e. The van der Waals surface area contributed by atoms with Gasteiger partial charge in [-0.25, -0.2) is 4.79 Å². The van der Waals surface area contributed by atoms with Crippen LogP contribution in [-0.4, -0.2) is 18.0 Å². The highest BCUT2D eigenvalue weighted by Gasteiger charge is 2.22. The first-order chi connectivity index (χ1) is 12.6. The van der Waals surface area contributed by atoms with Crippen molar-refractivity contribution in [2.45, 2.75) is 45.4 Å². The third-order valence-corrected chi connectivity index (χ3v) is 4.16.